The predicted molar refractivity (Wildman–Crippen MR) is 46.3 cm³/mol. The maximum atomic E-state index is 3.60. The van der Waals surface area contributed by atoms with Gasteiger partial charge in [-0.25, -0.2) is 0 Å². The molecular formula is C8H18AlF. The topological polar surface area (TPSA) is 0 Å². The molecular weight excluding hydrogens is 142 g/mol. The number of unbranched alkanes of at least 4 members (excludes halogenated alkanes) is 2. The van der Waals surface area contributed by atoms with Crippen LogP contribution in [0.25, 0.3) is 0 Å². The molecule has 0 spiro atoms. The summed E-state index contributed by atoms with van der Waals surface area (Å²) in [6, 6.07) is 0. The number of halogens is 1. The third-order valence-corrected chi connectivity index (χ3v) is 0.707. The van der Waals surface area contributed by atoms with Gasteiger partial charge in [0.25, 0.3) is 0 Å². The van der Waals surface area contributed by atoms with E-state index >= 15 is 0 Å². The smallest absolute Gasteiger partial charge is 1.00 e. The van der Waals surface area contributed by atoms with E-state index in [4.69, 9.17) is 0 Å². The molecule has 0 unspecified atom stereocenters. The molecule has 60 valence electrons. The summed E-state index contributed by atoms with van der Waals surface area (Å²) in [5.41, 5.74) is 0. The molecule has 0 saturated carbocycles. The van der Waals surface area contributed by atoms with Crippen LogP contribution in [0.5, 0.6) is 0 Å². The van der Waals surface area contributed by atoms with Gasteiger partial charge < -0.3 is 18.6 Å². The molecule has 0 nitrogen and oxygen atoms in total. The molecule has 0 aliphatic carbocycles. The van der Waals surface area contributed by atoms with Crippen molar-refractivity contribution >= 4 is 17.4 Å². The summed E-state index contributed by atoms with van der Waals surface area (Å²) in [4.78, 5) is 0. The van der Waals surface area contributed by atoms with Crippen molar-refractivity contribution in [3.05, 3.63) is 13.8 Å². The molecule has 0 radical (unpaired) electrons. The van der Waals surface area contributed by atoms with Crippen LogP contribution in [0.1, 0.15) is 39.5 Å². The molecule has 0 aromatic carbocycles. The van der Waals surface area contributed by atoms with E-state index in [0.717, 1.165) is 12.8 Å². The normalized spacial score (nSPS) is 6.00. The first-order chi connectivity index (χ1) is 3.83. The fraction of sp³-hybridized carbons (Fsp3) is 0.750. The van der Waals surface area contributed by atoms with Crippen molar-refractivity contribution in [3.8, 4) is 0 Å². The summed E-state index contributed by atoms with van der Waals surface area (Å²) in [6.07, 6.45) is 4.56. The van der Waals surface area contributed by atoms with Gasteiger partial charge in [0, 0.05) is 0 Å². The maximum absolute atomic E-state index is 3.60. The van der Waals surface area contributed by atoms with E-state index in [2.05, 4.69) is 27.7 Å². The first-order valence-electron chi connectivity index (χ1n) is 3.41. The van der Waals surface area contributed by atoms with Crippen LogP contribution >= 0.6 is 0 Å². The summed E-state index contributed by atoms with van der Waals surface area (Å²) in [5.74, 6) is 0. The Labute approximate surface area is 75.9 Å². The second-order valence-corrected chi connectivity index (χ2v) is 1.71. The summed E-state index contributed by atoms with van der Waals surface area (Å²) < 4.78 is 0. The Hall–Kier alpha value is 0.462. The Bertz CT molecular complexity index is 17.2. The van der Waals surface area contributed by atoms with Gasteiger partial charge in [-0.15, -0.1) is 0 Å². The Morgan fingerprint density at radius 2 is 1.00 bits per heavy atom. The molecule has 0 N–H and O–H groups in total. The Balaban J connectivity index is -0.0000000300. The van der Waals surface area contributed by atoms with E-state index < -0.39 is 0 Å². The van der Waals surface area contributed by atoms with Gasteiger partial charge in [0.15, 0.2) is 0 Å². The van der Waals surface area contributed by atoms with E-state index in [9.17, 15) is 0 Å². The van der Waals surface area contributed by atoms with E-state index in [1.54, 1.807) is 0 Å². The number of hydrogen-bond acceptors (Lipinski definition) is 0. The molecule has 0 aromatic rings. The number of rotatable bonds is 2. The maximum Gasteiger partial charge on any atom is 3.00 e. The Kier molecular flexibility index (Phi) is 76.3. The molecule has 0 rings (SSSR count). The van der Waals surface area contributed by atoms with Crippen LogP contribution in [0.3, 0.4) is 0 Å². The summed E-state index contributed by atoms with van der Waals surface area (Å²) in [7, 11) is 0. The molecule has 0 fully saturated rings. The van der Waals surface area contributed by atoms with Crippen LogP contribution < -0.4 is 4.70 Å². The van der Waals surface area contributed by atoms with Crippen molar-refractivity contribution < 1.29 is 4.70 Å². The van der Waals surface area contributed by atoms with Crippen molar-refractivity contribution in [2.75, 3.05) is 0 Å². The zero-order valence-corrected chi connectivity index (χ0v) is 8.35. The van der Waals surface area contributed by atoms with Gasteiger partial charge in [0.2, 0.25) is 0 Å². The molecule has 0 bridgehead atoms. The van der Waals surface area contributed by atoms with Gasteiger partial charge in [0.05, 0.1) is 0 Å². The summed E-state index contributed by atoms with van der Waals surface area (Å²) >= 11 is 0. The SMILES string of the molecule is [Al+3].[CH2-]CCC.[CH2-]CCC.[F-]. The van der Waals surface area contributed by atoms with Crippen LogP contribution in [0, 0.1) is 13.8 Å². The van der Waals surface area contributed by atoms with Crippen molar-refractivity contribution in [1.82, 2.24) is 0 Å². The van der Waals surface area contributed by atoms with E-state index in [-0.39, 0.29) is 22.1 Å². The van der Waals surface area contributed by atoms with Gasteiger partial charge >= 0.3 is 17.4 Å². The number of hydrogen-bond donors (Lipinski definition) is 0. The molecule has 0 aliphatic heterocycles. The largest absolute Gasteiger partial charge is 3.00 e. The zero-order valence-electron chi connectivity index (χ0n) is 7.20. The van der Waals surface area contributed by atoms with Crippen LogP contribution in [0.4, 0.5) is 0 Å². The Morgan fingerprint density at radius 1 is 0.900 bits per heavy atom. The standard InChI is InChI=1S/2C4H9.Al.FH/c2*1-3-4-2;;/h2*1,3-4H2,2H3;;1H/q2*-1;+3;/p-1. The summed E-state index contributed by atoms with van der Waals surface area (Å²) in [6.45, 7) is 11.4. The second kappa shape index (κ2) is 34.0. The third-order valence-electron chi connectivity index (χ3n) is 0.707. The van der Waals surface area contributed by atoms with Crippen molar-refractivity contribution in [1.29, 1.82) is 0 Å². The zero-order chi connectivity index (χ0) is 6.83. The molecule has 2 heteroatoms. The van der Waals surface area contributed by atoms with Gasteiger partial charge in [-0.05, 0) is 0 Å². The molecule has 0 amide bonds. The van der Waals surface area contributed by atoms with Crippen LogP contribution in [-0.2, 0) is 0 Å². The first kappa shape index (κ1) is 22.4. The van der Waals surface area contributed by atoms with Gasteiger partial charge in [0.1, 0.15) is 0 Å². The van der Waals surface area contributed by atoms with Crippen molar-refractivity contribution in [2.45, 2.75) is 39.5 Å². The van der Waals surface area contributed by atoms with Crippen LogP contribution in [0.2, 0.25) is 0 Å². The molecule has 0 aromatic heterocycles. The van der Waals surface area contributed by atoms with Gasteiger partial charge in [-0.3, -0.25) is 0 Å². The predicted octanol–water partition coefficient (Wildman–Crippen LogP) is -0.136. The average molecular weight is 160 g/mol. The monoisotopic (exact) mass is 160 g/mol. The molecule has 10 heavy (non-hydrogen) atoms. The van der Waals surface area contributed by atoms with E-state index in [1.165, 1.54) is 12.8 Å². The van der Waals surface area contributed by atoms with Crippen molar-refractivity contribution in [2.24, 2.45) is 0 Å². The van der Waals surface area contributed by atoms with Crippen molar-refractivity contribution in [3.63, 3.8) is 0 Å². The minimum atomic E-state index is 0. The van der Waals surface area contributed by atoms with Crippen LogP contribution in [-0.4, -0.2) is 17.4 Å². The summed E-state index contributed by atoms with van der Waals surface area (Å²) in [5, 5.41) is 0. The molecule has 0 heterocycles. The van der Waals surface area contributed by atoms with Gasteiger partial charge in [-0.1, -0.05) is 26.7 Å². The quantitative estimate of drug-likeness (QED) is 0.390. The first-order valence-corrected chi connectivity index (χ1v) is 3.41. The van der Waals surface area contributed by atoms with Gasteiger partial charge in [-0.2, -0.15) is 12.8 Å². The Morgan fingerprint density at radius 3 is 1.00 bits per heavy atom. The minimum absolute atomic E-state index is 0. The third kappa shape index (κ3) is 77.7. The fourth-order valence-corrected chi connectivity index (χ4v) is 0. The van der Waals surface area contributed by atoms with E-state index in [0.29, 0.717) is 0 Å². The fourth-order valence-electron chi connectivity index (χ4n) is 0. The second-order valence-electron chi connectivity index (χ2n) is 1.71. The minimum Gasteiger partial charge on any atom is -1.00 e. The molecule has 0 atom stereocenters. The molecule has 0 aliphatic rings. The average Bonchev–Trinajstić information content (AvgIpc) is 1.88. The van der Waals surface area contributed by atoms with E-state index in [1.807, 2.05) is 0 Å². The molecule has 0 saturated heterocycles. The van der Waals surface area contributed by atoms with Crippen LogP contribution in [0.15, 0.2) is 0 Å².